The molecule has 0 aliphatic rings. The topological polar surface area (TPSA) is 96.0 Å². The van der Waals surface area contributed by atoms with Gasteiger partial charge in [-0.2, -0.15) is 0 Å². The number of nitrogens with zero attached hydrogens (tertiary/aromatic N) is 2. The minimum Gasteiger partial charge on any atom is -0.495 e. The Morgan fingerprint density at radius 3 is 2.13 bits per heavy atom. The normalized spacial score (nSPS) is 12.5. The molecule has 2 amide bonds. The van der Waals surface area contributed by atoms with Crippen molar-refractivity contribution in [2.24, 2.45) is 0 Å². The highest BCUT2D eigenvalue weighted by molar-refractivity contribution is 9.10. The molecule has 2 atom stereocenters. The molecule has 0 aromatic heterocycles. The second kappa shape index (κ2) is 16.1. The van der Waals surface area contributed by atoms with Gasteiger partial charge in [-0.15, -0.1) is 0 Å². The summed E-state index contributed by atoms with van der Waals surface area (Å²) >= 11 is 9.89. The molecule has 11 heteroatoms. The van der Waals surface area contributed by atoms with Gasteiger partial charge in [0.2, 0.25) is 11.8 Å². The summed E-state index contributed by atoms with van der Waals surface area (Å²) in [5.74, 6) is -0.529. The van der Waals surface area contributed by atoms with Crippen LogP contribution in [0.4, 0.5) is 5.69 Å². The minimum absolute atomic E-state index is 0.00421. The summed E-state index contributed by atoms with van der Waals surface area (Å²) in [6.45, 7) is 3.35. The van der Waals surface area contributed by atoms with E-state index in [2.05, 4.69) is 21.2 Å². The van der Waals surface area contributed by atoms with Crippen LogP contribution >= 0.6 is 27.5 Å². The van der Waals surface area contributed by atoms with E-state index in [1.54, 1.807) is 24.3 Å². The third-order valence-corrected chi connectivity index (χ3v) is 10.2. The van der Waals surface area contributed by atoms with Crippen molar-refractivity contribution in [2.45, 2.75) is 50.2 Å². The smallest absolute Gasteiger partial charge is 0.264 e. The van der Waals surface area contributed by atoms with Crippen LogP contribution < -0.4 is 14.4 Å². The Balaban J connectivity index is 1.82. The number of ether oxygens (including phenoxy) is 1. The molecule has 1 N–H and O–H groups in total. The molecule has 242 valence electrons. The molecule has 0 radical (unpaired) electrons. The maximum absolute atomic E-state index is 14.5. The highest BCUT2D eigenvalue weighted by atomic mass is 79.9. The van der Waals surface area contributed by atoms with E-state index in [1.165, 1.54) is 36.3 Å². The average Bonchev–Trinajstić information content (AvgIpc) is 3.06. The van der Waals surface area contributed by atoms with Gasteiger partial charge in [-0.1, -0.05) is 95.1 Å². The lowest BCUT2D eigenvalue weighted by molar-refractivity contribution is -0.140. The number of anilines is 1. The number of methoxy groups -OCH3 is 1. The number of hydrogen-bond acceptors (Lipinski definition) is 5. The van der Waals surface area contributed by atoms with Crippen molar-refractivity contribution in [3.8, 4) is 5.75 Å². The monoisotopic (exact) mass is 725 g/mol. The van der Waals surface area contributed by atoms with Crippen molar-refractivity contribution in [1.82, 2.24) is 10.2 Å². The molecule has 4 aromatic rings. The maximum Gasteiger partial charge on any atom is 0.264 e. The summed E-state index contributed by atoms with van der Waals surface area (Å²) < 4.78 is 35.4. The summed E-state index contributed by atoms with van der Waals surface area (Å²) in [6.07, 6.45) is 0.928. The number of carbonyl (C=O) groups excluding carboxylic acids is 2. The molecule has 4 aromatic carbocycles. The summed E-state index contributed by atoms with van der Waals surface area (Å²) in [6, 6.07) is 28.2. The molecule has 4 rings (SSSR count). The van der Waals surface area contributed by atoms with E-state index in [4.69, 9.17) is 16.3 Å². The zero-order valence-electron chi connectivity index (χ0n) is 25.9. The Morgan fingerprint density at radius 2 is 1.54 bits per heavy atom. The van der Waals surface area contributed by atoms with E-state index < -0.39 is 28.5 Å². The molecule has 0 aliphatic carbocycles. The zero-order valence-corrected chi connectivity index (χ0v) is 29.1. The van der Waals surface area contributed by atoms with Crippen molar-refractivity contribution >= 4 is 55.1 Å². The second-order valence-corrected chi connectivity index (χ2v) is 14.0. The number of halogens is 2. The van der Waals surface area contributed by atoms with Crippen molar-refractivity contribution < 1.29 is 22.7 Å². The summed E-state index contributed by atoms with van der Waals surface area (Å²) in [4.78, 5) is 29.9. The van der Waals surface area contributed by atoms with Gasteiger partial charge in [-0.05, 0) is 66.9 Å². The van der Waals surface area contributed by atoms with Crippen molar-refractivity contribution in [1.29, 1.82) is 0 Å². The van der Waals surface area contributed by atoms with Crippen LogP contribution in [0.1, 0.15) is 31.4 Å². The van der Waals surface area contributed by atoms with Crippen LogP contribution in [-0.2, 0) is 32.6 Å². The molecule has 0 fully saturated rings. The quantitative estimate of drug-likeness (QED) is 0.153. The molecule has 0 saturated heterocycles. The second-order valence-electron chi connectivity index (χ2n) is 10.8. The first-order chi connectivity index (χ1) is 22.0. The lowest BCUT2D eigenvalue weighted by Gasteiger charge is -2.34. The van der Waals surface area contributed by atoms with Crippen molar-refractivity contribution in [3.63, 3.8) is 0 Å². The van der Waals surface area contributed by atoms with Crippen LogP contribution in [0.2, 0.25) is 5.02 Å². The molecular formula is C35H37BrClN3O5S. The fourth-order valence-corrected chi connectivity index (χ4v) is 6.78. The highest BCUT2D eigenvalue weighted by Crippen LogP contribution is 2.32. The predicted octanol–water partition coefficient (Wildman–Crippen LogP) is 6.86. The van der Waals surface area contributed by atoms with Gasteiger partial charge in [0, 0.05) is 23.5 Å². The van der Waals surface area contributed by atoms with Crippen LogP contribution in [0.5, 0.6) is 5.75 Å². The number of amides is 2. The Labute approximate surface area is 284 Å². The molecule has 0 bridgehead atoms. The van der Waals surface area contributed by atoms with Crippen molar-refractivity contribution in [3.05, 3.63) is 124 Å². The molecule has 46 heavy (non-hydrogen) atoms. The number of nitrogens with one attached hydrogen (secondary N) is 1. The van der Waals surface area contributed by atoms with E-state index in [9.17, 15) is 18.0 Å². The van der Waals surface area contributed by atoms with Crippen LogP contribution in [0.15, 0.2) is 112 Å². The van der Waals surface area contributed by atoms with Gasteiger partial charge in [-0.3, -0.25) is 13.9 Å². The molecule has 0 heterocycles. The van der Waals surface area contributed by atoms with Gasteiger partial charge in [0.05, 0.1) is 22.7 Å². The van der Waals surface area contributed by atoms with E-state index in [0.717, 1.165) is 19.9 Å². The van der Waals surface area contributed by atoms with Crippen LogP contribution in [-0.4, -0.2) is 50.9 Å². The summed E-state index contributed by atoms with van der Waals surface area (Å²) in [5.41, 5.74) is 1.81. The number of sulfonamides is 1. The van der Waals surface area contributed by atoms with Gasteiger partial charge < -0.3 is 15.0 Å². The first kappa shape index (κ1) is 35.0. The first-order valence-corrected chi connectivity index (χ1v) is 17.4. The number of carbonyl (C=O) groups is 2. The fraction of sp³-hybridized carbons (Fsp3) is 0.257. The summed E-state index contributed by atoms with van der Waals surface area (Å²) in [7, 11) is -2.79. The highest BCUT2D eigenvalue weighted by Gasteiger charge is 2.35. The molecule has 0 spiro atoms. The molecule has 8 nitrogen and oxygen atoms in total. The number of hydrogen-bond donors (Lipinski definition) is 1. The van der Waals surface area contributed by atoms with Crippen LogP contribution in [0.3, 0.4) is 0 Å². The van der Waals surface area contributed by atoms with Crippen LogP contribution in [0, 0.1) is 0 Å². The van der Waals surface area contributed by atoms with Crippen LogP contribution in [0.25, 0.3) is 0 Å². The summed E-state index contributed by atoms with van der Waals surface area (Å²) in [5, 5.41) is 3.22. The largest absolute Gasteiger partial charge is 0.495 e. The first-order valence-electron chi connectivity index (χ1n) is 14.8. The van der Waals surface area contributed by atoms with E-state index in [0.29, 0.717) is 12.2 Å². The molecule has 0 aliphatic heterocycles. The lowest BCUT2D eigenvalue weighted by atomic mass is 10.0. The Hall–Kier alpha value is -3.86. The third-order valence-electron chi connectivity index (χ3n) is 7.57. The van der Waals surface area contributed by atoms with Gasteiger partial charge >= 0.3 is 0 Å². The molecular weight excluding hydrogens is 690 g/mol. The molecule has 0 unspecified atom stereocenters. The fourth-order valence-electron chi connectivity index (χ4n) is 4.84. The minimum atomic E-state index is -4.25. The van der Waals surface area contributed by atoms with Gasteiger partial charge in [0.25, 0.3) is 10.0 Å². The lowest BCUT2D eigenvalue weighted by Crippen LogP contribution is -2.54. The average molecular weight is 727 g/mol. The predicted molar refractivity (Wildman–Crippen MR) is 185 cm³/mol. The third kappa shape index (κ3) is 8.90. The Kier molecular flexibility index (Phi) is 12.3. The standard InChI is InChI=1S/C35H37BrClN3O5S/c1-4-25(2)38-35(42)32(21-26-11-7-5-8-12-26)39(23-27-15-17-28(36)18-16-27)34(41)24-40(29-19-20-33(45-3)31(37)22-29)46(43,44)30-13-9-6-10-14-30/h5-20,22,25,32H,4,21,23-24H2,1-3H3,(H,38,42)/t25-,32+/m1/s1. The number of rotatable bonds is 14. The zero-order chi connectivity index (χ0) is 33.3. The maximum atomic E-state index is 14.5. The number of benzene rings is 4. The van der Waals surface area contributed by atoms with Gasteiger partial charge in [-0.25, -0.2) is 8.42 Å². The van der Waals surface area contributed by atoms with Gasteiger partial charge in [0.1, 0.15) is 18.3 Å². The Bertz CT molecular complexity index is 1720. The van der Waals surface area contributed by atoms with Gasteiger partial charge in [0.15, 0.2) is 0 Å². The van der Waals surface area contributed by atoms with E-state index in [1.807, 2.05) is 68.4 Å². The van der Waals surface area contributed by atoms with Crippen molar-refractivity contribution in [2.75, 3.05) is 18.0 Å². The van der Waals surface area contributed by atoms with E-state index >= 15 is 0 Å². The Morgan fingerprint density at radius 1 is 0.913 bits per heavy atom. The van der Waals surface area contributed by atoms with E-state index in [-0.39, 0.29) is 40.5 Å². The molecule has 0 saturated carbocycles. The SMILES string of the molecule is CC[C@@H](C)NC(=O)[C@H](Cc1ccccc1)N(Cc1ccc(Br)cc1)C(=O)CN(c1ccc(OC)c(Cl)c1)S(=O)(=O)c1ccccc1.